The molecule has 14 heavy (non-hydrogen) atoms. The molecule has 2 rings (SSSR count). The smallest absolute Gasteiger partial charge is 0.317 e. The van der Waals surface area contributed by atoms with Gasteiger partial charge in [-0.05, 0) is 25.7 Å². The lowest BCUT2D eigenvalue weighted by Gasteiger charge is -2.30. The normalized spacial score (nSPS) is 34.7. The van der Waals surface area contributed by atoms with Gasteiger partial charge in [0.05, 0.1) is 12.1 Å². The van der Waals surface area contributed by atoms with Crippen molar-refractivity contribution in [1.29, 1.82) is 0 Å². The van der Waals surface area contributed by atoms with Crippen molar-refractivity contribution in [3.8, 4) is 0 Å². The third kappa shape index (κ3) is 1.60. The van der Waals surface area contributed by atoms with Crippen LogP contribution in [-0.4, -0.2) is 30.1 Å². The van der Waals surface area contributed by atoms with Gasteiger partial charge in [-0.2, -0.15) is 0 Å². The van der Waals surface area contributed by atoms with Crippen LogP contribution in [0.4, 0.5) is 4.79 Å². The van der Waals surface area contributed by atoms with Crippen LogP contribution in [0.1, 0.15) is 39.0 Å². The first-order chi connectivity index (χ1) is 6.70. The molecule has 2 atom stereocenters. The number of nitrogens with zero attached hydrogens (tertiary/aromatic N) is 1. The maximum absolute atomic E-state index is 11.5. The molecule has 2 fully saturated rings. The van der Waals surface area contributed by atoms with Crippen LogP contribution in [0.15, 0.2) is 0 Å². The third-order valence-electron chi connectivity index (χ3n) is 3.90. The fraction of sp³-hybridized carbons (Fsp3) is 0.909. The van der Waals surface area contributed by atoms with Crippen molar-refractivity contribution in [3.05, 3.63) is 0 Å². The molecule has 3 heteroatoms. The number of likely N-dealkylation sites (N-methyl/N-ethyl adjacent to an activating group) is 1. The largest absolute Gasteiger partial charge is 0.333 e. The number of carbonyl (C=O) groups is 1. The Morgan fingerprint density at radius 3 is 2.43 bits per heavy atom. The maximum atomic E-state index is 11.5. The quantitative estimate of drug-likeness (QED) is 0.683. The summed E-state index contributed by atoms with van der Waals surface area (Å²) >= 11 is 0. The molecule has 1 aliphatic heterocycles. The predicted molar refractivity (Wildman–Crippen MR) is 56.1 cm³/mol. The molecule has 0 bridgehead atoms. The zero-order valence-electron chi connectivity index (χ0n) is 9.12. The minimum atomic E-state index is 0.105. The molecule has 2 aliphatic rings. The zero-order valence-corrected chi connectivity index (χ0v) is 9.12. The molecule has 2 amide bonds. The van der Waals surface area contributed by atoms with E-state index >= 15 is 0 Å². The Balaban J connectivity index is 2.00. The number of urea groups is 1. The maximum Gasteiger partial charge on any atom is 0.317 e. The highest BCUT2D eigenvalue weighted by atomic mass is 16.2. The van der Waals surface area contributed by atoms with Crippen LogP contribution in [0, 0.1) is 5.92 Å². The van der Waals surface area contributed by atoms with Gasteiger partial charge in [0.2, 0.25) is 0 Å². The lowest BCUT2D eigenvalue weighted by molar-refractivity contribution is 0.214. The zero-order chi connectivity index (χ0) is 10.1. The van der Waals surface area contributed by atoms with Crippen LogP contribution in [0.2, 0.25) is 0 Å². The molecule has 0 radical (unpaired) electrons. The van der Waals surface area contributed by atoms with E-state index < -0.39 is 0 Å². The molecule has 1 saturated heterocycles. The first-order valence-electron chi connectivity index (χ1n) is 5.73. The van der Waals surface area contributed by atoms with Crippen molar-refractivity contribution >= 4 is 6.03 Å². The number of rotatable bonds is 1. The number of amides is 2. The third-order valence-corrected chi connectivity index (χ3v) is 3.90. The first-order valence-corrected chi connectivity index (χ1v) is 5.73. The summed E-state index contributed by atoms with van der Waals surface area (Å²) in [6.45, 7) is 2.15. The average molecular weight is 196 g/mol. The van der Waals surface area contributed by atoms with E-state index in [1.54, 1.807) is 0 Å². The number of hydrogen-bond donors (Lipinski definition) is 1. The van der Waals surface area contributed by atoms with Gasteiger partial charge in [-0.3, -0.25) is 0 Å². The van der Waals surface area contributed by atoms with E-state index in [0.717, 1.165) is 0 Å². The van der Waals surface area contributed by atoms with Gasteiger partial charge in [-0.1, -0.05) is 19.3 Å². The summed E-state index contributed by atoms with van der Waals surface area (Å²) in [5.74, 6) is 0.715. The molecule has 1 aliphatic carbocycles. The van der Waals surface area contributed by atoms with Crippen molar-refractivity contribution < 1.29 is 4.79 Å². The SMILES string of the molecule is C[C@H]1[C@@H](C2CCCCC2)NC(=O)N1C. The second-order valence-corrected chi connectivity index (χ2v) is 4.72. The Bertz CT molecular complexity index is 223. The summed E-state index contributed by atoms with van der Waals surface area (Å²) in [4.78, 5) is 13.3. The highest BCUT2D eigenvalue weighted by molar-refractivity contribution is 5.77. The van der Waals surface area contributed by atoms with E-state index in [0.29, 0.717) is 18.0 Å². The monoisotopic (exact) mass is 196 g/mol. The van der Waals surface area contributed by atoms with Crippen molar-refractivity contribution in [2.24, 2.45) is 5.92 Å². The second-order valence-electron chi connectivity index (χ2n) is 4.72. The Morgan fingerprint density at radius 1 is 1.29 bits per heavy atom. The molecule has 0 aromatic heterocycles. The van der Waals surface area contributed by atoms with E-state index in [2.05, 4.69) is 12.2 Å². The highest BCUT2D eigenvalue weighted by Gasteiger charge is 2.38. The Labute approximate surface area is 85.8 Å². The molecule has 0 aromatic carbocycles. The molecule has 0 unspecified atom stereocenters. The van der Waals surface area contributed by atoms with Crippen LogP contribution in [-0.2, 0) is 0 Å². The Morgan fingerprint density at radius 2 is 1.93 bits per heavy atom. The second kappa shape index (κ2) is 3.79. The van der Waals surface area contributed by atoms with Gasteiger partial charge in [0.25, 0.3) is 0 Å². The van der Waals surface area contributed by atoms with Gasteiger partial charge in [0, 0.05) is 7.05 Å². The predicted octanol–water partition coefficient (Wildman–Crippen LogP) is 1.98. The summed E-state index contributed by atoms with van der Waals surface area (Å²) in [5.41, 5.74) is 0. The fourth-order valence-corrected chi connectivity index (χ4v) is 2.80. The summed E-state index contributed by atoms with van der Waals surface area (Å²) in [5, 5.41) is 3.11. The van der Waals surface area contributed by atoms with Crippen LogP contribution >= 0.6 is 0 Å². The van der Waals surface area contributed by atoms with E-state index in [-0.39, 0.29) is 6.03 Å². The van der Waals surface area contributed by atoms with E-state index in [1.165, 1.54) is 32.1 Å². The number of hydrogen-bond acceptors (Lipinski definition) is 1. The van der Waals surface area contributed by atoms with Crippen LogP contribution in [0.25, 0.3) is 0 Å². The van der Waals surface area contributed by atoms with Crippen molar-refractivity contribution in [2.45, 2.75) is 51.1 Å². The molecular weight excluding hydrogens is 176 g/mol. The molecule has 1 saturated carbocycles. The van der Waals surface area contributed by atoms with Crippen LogP contribution in [0.3, 0.4) is 0 Å². The minimum Gasteiger partial charge on any atom is -0.333 e. The van der Waals surface area contributed by atoms with Gasteiger partial charge in [-0.15, -0.1) is 0 Å². The van der Waals surface area contributed by atoms with Crippen LogP contribution in [0.5, 0.6) is 0 Å². The lowest BCUT2D eigenvalue weighted by atomic mass is 9.82. The molecule has 80 valence electrons. The summed E-state index contributed by atoms with van der Waals surface area (Å²) in [6.07, 6.45) is 6.65. The Kier molecular flexibility index (Phi) is 2.66. The molecule has 1 heterocycles. The van der Waals surface area contributed by atoms with E-state index in [1.807, 2.05) is 11.9 Å². The summed E-state index contributed by atoms with van der Waals surface area (Å²) in [7, 11) is 1.89. The lowest BCUT2D eigenvalue weighted by Crippen LogP contribution is -2.39. The highest BCUT2D eigenvalue weighted by Crippen LogP contribution is 2.30. The van der Waals surface area contributed by atoms with Gasteiger partial charge >= 0.3 is 6.03 Å². The van der Waals surface area contributed by atoms with Gasteiger partial charge < -0.3 is 10.2 Å². The van der Waals surface area contributed by atoms with Crippen molar-refractivity contribution in [1.82, 2.24) is 10.2 Å². The van der Waals surface area contributed by atoms with Crippen molar-refractivity contribution in [2.75, 3.05) is 7.05 Å². The molecular formula is C11H20N2O. The van der Waals surface area contributed by atoms with Gasteiger partial charge in [0.15, 0.2) is 0 Å². The molecule has 0 aromatic rings. The van der Waals surface area contributed by atoms with Gasteiger partial charge in [0.1, 0.15) is 0 Å². The van der Waals surface area contributed by atoms with Gasteiger partial charge in [-0.25, -0.2) is 4.79 Å². The topological polar surface area (TPSA) is 32.3 Å². The van der Waals surface area contributed by atoms with Crippen LogP contribution < -0.4 is 5.32 Å². The molecule has 0 spiro atoms. The minimum absolute atomic E-state index is 0.105. The standard InChI is InChI=1S/C11H20N2O/c1-8-10(12-11(14)13(8)2)9-6-4-3-5-7-9/h8-10H,3-7H2,1-2H3,(H,12,14)/t8-,10-/m0/s1. The summed E-state index contributed by atoms with van der Waals surface area (Å²) in [6, 6.07) is 0.867. The average Bonchev–Trinajstić information content (AvgIpc) is 2.47. The first kappa shape index (κ1) is 9.81. The summed E-state index contributed by atoms with van der Waals surface area (Å²) < 4.78 is 0. The van der Waals surface area contributed by atoms with E-state index in [4.69, 9.17) is 0 Å². The molecule has 1 N–H and O–H groups in total. The van der Waals surface area contributed by atoms with E-state index in [9.17, 15) is 4.79 Å². The Hall–Kier alpha value is -0.730. The fourth-order valence-electron chi connectivity index (χ4n) is 2.80. The number of carbonyl (C=O) groups excluding carboxylic acids is 1. The molecule has 3 nitrogen and oxygen atoms in total. The number of nitrogens with one attached hydrogen (secondary N) is 1. The van der Waals surface area contributed by atoms with Crippen molar-refractivity contribution in [3.63, 3.8) is 0 Å².